The minimum absolute atomic E-state index is 0.0840. The first-order chi connectivity index (χ1) is 13.2. The fourth-order valence-electron chi connectivity index (χ4n) is 3.86. The Morgan fingerprint density at radius 1 is 1.14 bits per heavy atom. The standard InChI is InChI=1S/C21H23F3N2O2/c1-25(2)15-11-9-14(10-12-15)19(26-13-5-8-18(26)20(27)28)16-6-3-4-7-17(16)21(22,23)24/h3-4,6-7,9-12,18-19H,5,8,13H2,1-2H3,(H,27,28). The number of anilines is 1. The van der Waals surface area contributed by atoms with Gasteiger partial charge in [-0.2, -0.15) is 13.2 Å². The number of nitrogens with zero attached hydrogens (tertiary/aromatic N) is 2. The van der Waals surface area contributed by atoms with E-state index in [2.05, 4.69) is 0 Å². The molecule has 1 aliphatic rings. The molecule has 0 aromatic heterocycles. The lowest BCUT2D eigenvalue weighted by Crippen LogP contribution is -2.39. The van der Waals surface area contributed by atoms with Crippen molar-refractivity contribution in [1.82, 2.24) is 4.90 Å². The first-order valence-corrected chi connectivity index (χ1v) is 9.12. The fraction of sp³-hybridized carbons (Fsp3) is 0.381. The normalized spacial score (nSPS) is 18.8. The number of rotatable bonds is 5. The van der Waals surface area contributed by atoms with E-state index in [0.29, 0.717) is 24.9 Å². The summed E-state index contributed by atoms with van der Waals surface area (Å²) in [6, 6.07) is 11.1. The summed E-state index contributed by atoms with van der Waals surface area (Å²) in [5, 5.41) is 9.60. The zero-order valence-electron chi connectivity index (χ0n) is 15.8. The van der Waals surface area contributed by atoms with Gasteiger partial charge in [-0.05, 0) is 42.2 Å². The van der Waals surface area contributed by atoms with Crippen molar-refractivity contribution in [3.8, 4) is 0 Å². The van der Waals surface area contributed by atoms with Crippen molar-refractivity contribution in [2.45, 2.75) is 31.1 Å². The first kappa shape index (κ1) is 20.2. The first-order valence-electron chi connectivity index (χ1n) is 9.12. The van der Waals surface area contributed by atoms with Gasteiger partial charge in [-0.1, -0.05) is 30.3 Å². The quantitative estimate of drug-likeness (QED) is 0.819. The van der Waals surface area contributed by atoms with E-state index in [0.717, 1.165) is 11.8 Å². The molecule has 2 aromatic carbocycles. The summed E-state index contributed by atoms with van der Waals surface area (Å²) in [5.41, 5.74) is 0.923. The monoisotopic (exact) mass is 392 g/mol. The van der Waals surface area contributed by atoms with Gasteiger partial charge in [0.1, 0.15) is 6.04 Å². The Kier molecular flexibility index (Phi) is 5.65. The summed E-state index contributed by atoms with van der Waals surface area (Å²) < 4.78 is 41.1. The van der Waals surface area contributed by atoms with Crippen molar-refractivity contribution >= 4 is 11.7 Å². The van der Waals surface area contributed by atoms with Crippen LogP contribution in [0.1, 0.15) is 35.6 Å². The van der Waals surface area contributed by atoms with Crippen molar-refractivity contribution in [2.75, 3.05) is 25.5 Å². The maximum absolute atomic E-state index is 13.7. The molecule has 0 spiro atoms. The third kappa shape index (κ3) is 3.99. The highest BCUT2D eigenvalue weighted by molar-refractivity contribution is 5.74. The average molecular weight is 392 g/mol. The Labute approximate surface area is 162 Å². The van der Waals surface area contributed by atoms with E-state index in [1.807, 2.05) is 31.1 Å². The van der Waals surface area contributed by atoms with Crippen LogP contribution in [0, 0.1) is 0 Å². The van der Waals surface area contributed by atoms with E-state index in [9.17, 15) is 23.1 Å². The minimum Gasteiger partial charge on any atom is -0.480 e. The van der Waals surface area contributed by atoms with Crippen LogP contribution in [-0.2, 0) is 11.0 Å². The highest BCUT2D eigenvalue weighted by atomic mass is 19.4. The summed E-state index contributed by atoms with van der Waals surface area (Å²) >= 11 is 0. The molecule has 3 rings (SSSR count). The van der Waals surface area contributed by atoms with Crippen LogP contribution in [0.25, 0.3) is 0 Å². The van der Waals surface area contributed by atoms with Gasteiger partial charge >= 0.3 is 12.1 Å². The van der Waals surface area contributed by atoms with Crippen LogP contribution in [0.2, 0.25) is 0 Å². The lowest BCUT2D eigenvalue weighted by atomic mass is 9.92. The lowest BCUT2D eigenvalue weighted by Gasteiger charge is -2.33. The molecule has 1 fully saturated rings. The number of likely N-dealkylation sites (tertiary alicyclic amines) is 1. The molecular formula is C21H23F3N2O2. The third-order valence-corrected chi connectivity index (χ3v) is 5.20. The predicted molar refractivity (Wildman–Crippen MR) is 101 cm³/mol. The predicted octanol–water partition coefficient (Wildman–Crippen LogP) is 4.41. The van der Waals surface area contributed by atoms with Crippen LogP contribution in [0.3, 0.4) is 0 Å². The second-order valence-electron chi connectivity index (χ2n) is 7.21. The summed E-state index contributed by atoms with van der Waals surface area (Å²) in [6.07, 6.45) is -3.45. The lowest BCUT2D eigenvalue weighted by molar-refractivity contribution is -0.143. The van der Waals surface area contributed by atoms with Gasteiger partial charge < -0.3 is 10.0 Å². The van der Waals surface area contributed by atoms with Crippen molar-refractivity contribution in [2.24, 2.45) is 0 Å². The van der Waals surface area contributed by atoms with Gasteiger partial charge in [0.05, 0.1) is 11.6 Å². The molecule has 1 N–H and O–H groups in total. The van der Waals surface area contributed by atoms with Gasteiger partial charge in [-0.3, -0.25) is 9.69 Å². The molecule has 0 saturated carbocycles. The van der Waals surface area contributed by atoms with Gasteiger partial charge in [0.2, 0.25) is 0 Å². The molecule has 4 nitrogen and oxygen atoms in total. The number of alkyl halides is 3. The van der Waals surface area contributed by atoms with Gasteiger partial charge in [0.15, 0.2) is 0 Å². The second kappa shape index (κ2) is 7.83. The zero-order chi connectivity index (χ0) is 20.5. The molecular weight excluding hydrogens is 369 g/mol. The number of aliphatic carboxylic acids is 1. The number of carboxylic acids is 1. The smallest absolute Gasteiger partial charge is 0.416 e. The van der Waals surface area contributed by atoms with Gasteiger partial charge in [0, 0.05) is 26.3 Å². The Morgan fingerprint density at radius 2 is 1.79 bits per heavy atom. The summed E-state index contributed by atoms with van der Waals surface area (Å²) in [4.78, 5) is 15.3. The van der Waals surface area contributed by atoms with Crippen molar-refractivity contribution in [3.63, 3.8) is 0 Å². The van der Waals surface area contributed by atoms with E-state index in [1.54, 1.807) is 23.1 Å². The Hall–Kier alpha value is -2.54. The molecule has 0 radical (unpaired) electrons. The maximum Gasteiger partial charge on any atom is 0.416 e. The molecule has 2 unspecified atom stereocenters. The molecule has 0 aliphatic carbocycles. The summed E-state index contributed by atoms with van der Waals surface area (Å²) in [5.74, 6) is -1.00. The topological polar surface area (TPSA) is 43.8 Å². The molecule has 0 bridgehead atoms. The summed E-state index contributed by atoms with van der Waals surface area (Å²) in [7, 11) is 3.76. The maximum atomic E-state index is 13.7. The van der Waals surface area contributed by atoms with E-state index in [-0.39, 0.29) is 5.56 Å². The van der Waals surface area contributed by atoms with Crippen LogP contribution in [-0.4, -0.2) is 42.7 Å². The minimum atomic E-state index is -4.52. The average Bonchev–Trinajstić information content (AvgIpc) is 3.11. The zero-order valence-corrected chi connectivity index (χ0v) is 15.8. The number of hydrogen-bond acceptors (Lipinski definition) is 3. The fourth-order valence-corrected chi connectivity index (χ4v) is 3.86. The summed E-state index contributed by atoms with van der Waals surface area (Å²) in [6.45, 7) is 0.434. The van der Waals surface area contributed by atoms with Crippen LogP contribution < -0.4 is 4.90 Å². The number of benzene rings is 2. The van der Waals surface area contributed by atoms with E-state index >= 15 is 0 Å². The highest BCUT2D eigenvalue weighted by Gasteiger charge is 2.41. The molecule has 150 valence electrons. The van der Waals surface area contributed by atoms with Crippen LogP contribution in [0.5, 0.6) is 0 Å². The Balaban J connectivity index is 2.15. The second-order valence-corrected chi connectivity index (χ2v) is 7.21. The van der Waals surface area contributed by atoms with Gasteiger partial charge in [-0.15, -0.1) is 0 Å². The van der Waals surface area contributed by atoms with Crippen molar-refractivity contribution < 1.29 is 23.1 Å². The molecule has 1 aliphatic heterocycles. The van der Waals surface area contributed by atoms with E-state index in [1.165, 1.54) is 12.1 Å². The Bertz CT molecular complexity index is 834. The number of carbonyl (C=O) groups is 1. The van der Waals surface area contributed by atoms with Crippen LogP contribution in [0.15, 0.2) is 48.5 Å². The number of hydrogen-bond donors (Lipinski definition) is 1. The van der Waals surface area contributed by atoms with E-state index < -0.39 is 29.8 Å². The molecule has 0 amide bonds. The van der Waals surface area contributed by atoms with Crippen LogP contribution >= 0.6 is 0 Å². The number of carboxylic acid groups (broad SMARTS) is 1. The molecule has 2 aromatic rings. The van der Waals surface area contributed by atoms with Crippen molar-refractivity contribution in [1.29, 1.82) is 0 Å². The molecule has 7 heteroatoms. The number of halogens is 3. The largest absolute Gasteiger partial charge is 0.480 e. The molecule has 28 heavy (non-hydrogen) atoms. The SMILES string of the molecule is CN(C)c1ccc(C(c2ccccc2C(F)(F)F)N2CCCC2C(=O)O)cc1. The van der Waals surface area contributed by atoms with Crippen molar-refractivity contribution in [3.05, 3.63) is 65.2 Å². The highest BCUT2D eigenvalue weighted by Crippen LogP contribution is 2.41. The van der Waals surface area contributed by atoms with Gasteiger partial charge in [0.25, 0.3) is 0 Å². The van der Waals surface area contributed by atoms with Crippen LogP contribution in [0.4, 0.5) is 18.9 Å². The van der Waals surface area contributed by atoms with E-state index in [4.69, 9.17) is 0 Å². The molecule has 1 heterocycles. The Morgan fingerprint density at radius 3 is 2.36 bits per heavy atom. The van der Waals surface area contributed by atoms with Gasteiger partial charge in [-0.25, -0.2) is 0 Å². The third-order valence-electron chi connectivity index (χ3n) is 5.20. The molecule has 1 saturated heterocycles. The molecule has 2 atom stereocenters.